The SMILES string of the molecule is C=C(C)Cc1c(C=O)cc2c(c1OC)C(=O)c1ccccc1C2=O. The molecule has 0 N–H and O–H groups in total. The number of fused-ring (bicyclic) bond motifs is 2. The van der Waals surface area contributed by atoms with Crippen LogP contribution in [0.15, 0.2) is 42.5 Å². The largest absolute Gasteiger partial charge is 0.496 e. The molecule has 4 heteroatoms. The lowest BCUT2D eigenvalue weighted by Crippen LogP contribution is -2.23. The van der Waals surface area contributed by atoms with Crippen molar-refractivity contribution in [2.75, 3.05) is 7.11 Å². The first-order valence-corrected chi connectivity index (χ1v) is 7.51. The van der Waals surface area contributed by atoms with Crippen molar-refractivity contribution in [2.45, 2.75) is 13.3 Å². The Kier molecular flexibility index (Phi) is 3.89. The van der Waals surface area contributed by atoms with Crippen LogP contribution in [0.5, 0.6) is 5.75 Å². The van der Waals surface area contributed by atoms with Crippen LogP contribution in [0, 0.1) is 0 Å². The molecule has 1 aliphatic rings. The van der Waals surface area contributed by atoms with Gasteiger partial charge in [-0.05, 0) is 19.4 Å². The van der Waals surface area contributed by atoms with Crippen LogP contribution >= 0.6 is 0 Å². The Hall–Kier alpha value is -3.01. The standard InChI is InChI=1S/C20H16O4/c1-11(2)8-15-12(10-21)9-16-17(20(15)24-3)19(23)14-7-5-4-6-13(14)18(16)22/h4-7,9-10H,1,8H2,2-3H3. The van der Waals surface area contributed by atoms with E-state index in [0.29, 0.717) is 35.0 Å². The maximum atomic E-state index is 12.9. The number of carbonyl (C=O) groups excluding carboxylic acids is 3. The van der Waals surface area contributed by atoms with Crippen molar-refractivity contribution in [3.8, 4) is 5.75 Å². The number of ether oxygens (including phenoxy) is 1. The van der Waals surface area contributed by atoms with Gasteiger partial charge < -0.3 is 4.74 Å². The van der Waals surface area contributed by atoms with Crippen molar-refractivity contribution in [3.63, 3.8) is 0 Å². The fourth-order valence-corrected chi connectivity index (χ4v) is 3.10. The molecule has 0 spiro atoms. The van der Waals surface area contributed by atoms with E-state index in [2.05, 4.69) is 6.58 Å². The summed E-state index contributed by atoms with van der Waals surface area (Å²) in [6.07, 6.45) is 1.08. The predicted molar refractivity (Wildman–Crippen MR) is 90.2 cm³/mol. The van der Waals surface area contributed by atoms with Crippen molar-refractivity contribution >= 4 is 17.9 Å². The van der Waals surface area contributed by atoms with Gasteiger partial charge in [-0.1, -0.05) is 36.4 Å². The molecule has 0 amide bonds. The van der Waals surface area contributed by atoms with Crippen molar-refractivity contribution < 1.29 is 19.1 Å². The second-order valence-electron chi connectivity index (χ2n) is 5.86. The molecule has 0 saturated heterocycles. The lowest BCUT2D eigenvalue weighted by Gasteiger charge is -2.23. The Morgan fingerprint density at radius 2 is 1.75 bits per heavy atom. The van der Waals surface area contributed by atoms with Gasteiger partial charge in [0.25, 0.3) is 0 Å². The molecule has 0 atom stereocenters. The zero-order valence-corrected chi connectivity index (χ0v) is 13.5. The Balaban J connectivity index is 2.36. The van der Waals surface area contributed by atoms with E-state index in [0.717, 1.165) is 5.57 Å². The van der Waals surface area contributed by atoms with Gasteiger partial charge in [-0.3, -0.25) is 14.4 Å². The predicted octanol–water partition coefficient (Wildman–Crippen LogP) is 3.40. The molecule has 0 bridgehead atoms. The number of aldehydes is 1. The third-order valence-corrected chi connectivity index (χ3v) is 4.12. The van der Waals surface area contributed by atoms with E-state index in [-0.39, 0.29) is 28.4 Å². The molecule has 4 nitrogen and oxygen atoms in total. The Labute approximate surface area is 139 Å². The van der Waals surface area contributed by atoms with E-state index in [1.54, 1.807) is 24.3 Å². The smallest absolute Gasteiger partial charge is 0.198 e. The molecule has 0 aromatic heterocycles. The summed E-state index contributed by atoms with van der Waals surface area (Å²) in [5.74, 6) is -0.258. The highest BCUT2D eigenvalue weighted by molar-refractivity contribution is 6.29. The molecular formula is C20H16O4. The molecule has 0 radical (unpaired) electrons. The van der Waals surface area contributed by atoms with Crippen molar-refractivity contribution in [1.82, 2.24) is 0 Å². The first-order chi connectivity index (χ1) is 11.5. The van der Waals surface area contributed by atoms with Crippen molar-refractivity contribution in [2.24, 2.45) is 0 Å². The maximum absolute atomic E-state index is 12.9. The maximum Gasteiger partial charge on any atom is 0.198 e. The molecule has 2 aromatic rings. The second-order valence-corrected chi connectivity index (χ2v) is 5.86. The summed E-state index contributed by atoms with van der Waals surface area (Å²) >= 11 is 0. The number of allylic oxidation sites excluding steroid dienone is 1. The van der Waals surface area contributed by atoms with Gasteiger partial charge >= 0.3 is 0 Å². The van der Waals surface area contributed by atoms with Gasteiger partial charge in [-0.25, -0.2) is 0 Å². The van der Waals surface area contributed by atoms with Crippen LogP contribution in [0.3, 0.4) is 0 Å². The first kappa shape index (κ1) is 15.9. The van der Waals surface area contributed by atoms with Crippen LogP contribution in [-0.4, -0.2) is 25.0 Å². The van der Waals surface area contributed by atoms with Gasteiger partial charge in [0.15, 0.2) is 17.9 Å². The molecule has 2 aromatic carbocycles. The van der Waals surface area contributed by atoms with E-state index >= 15 is 0 Å². The summed E-state index contributed by atoms with van der Waals surface area (Å²) in [6, 6.07) is 8.16. The average Bonchev–Trinajstić information content (AvgIpc) is 2.58. The summed E-state index contributed by atoms with van der Waals surface area (Å²) in [7, 11) is 1.43. The van der Waals surface area contributed by atoms with Gasteiger partial charge in [0, 0.05) is 27.8 Å². The number of methoxy groups -OCH3 is 1. The van der Waals surface area contributed by atoms with Gasteiger partial charge in [0.05, 0.1) is 12.7 Å². The van der Waals surface area contributed by atoms with E-state index in [4.69, 9.17) is 4.74 Å². The third-order valence-electron chi connectivity index (χ3n) is 4.12. The van der Waals surface area contributed by atoms with Crippen LogP contribution in [0.4, 0.5) is 0 Å². The number of ketones is 2. The zero-order valence-electron chi connectivity index (χ0n) is 13.5. The van der Waals surface area contributed by atoms with Gasteiger partial charge in [-0.2, -0.15) is 0 Å². The van der Waals surface area contributed by atoms with Crippen LogP contribution in [-0.2, 0) is 6.42 Å². The molecular weight excluding hydrogens is 304 g/mol. The summed E-state index contributed by atoms with van der Waals surface area (Å²) in [6.45, 7) is 5.69. The van der Waals surface area contributed by atoms with Crippen molar-refractivity contribution in [1.29, 1.82) is 0 Å². The average molecular weight is 320 g/mol. The fraction of sp³-hybridized carbons (Fsp3) is 0.150. The molecule has 3 rings (SSSR count). The van der Waals surface area contributed by atoms with Gasteiger partial charge in [0.2, 0.25) is 0 Å². The number of benzene rings is 2. The molecule has 0 unspecified atom stereocenters. The summed E-state index contributed by atoms with van der Waals surface area (Å²) in [4.78, 5) is 37.2. The van der Waals surface area contributed by atoms with Gasteiger partial charge in [0.1, 0.15) is 5.75 Å². The Morgan fingerprint density at radius 1 is 1.12 bits per heavy atom. The topological polar surface area (TPSA) is 60.4 Å². The summed E-state index contributed by atoms with van der Waals surface area (Å²) in [5, 5.41) is 0. The molecule has 1 aliphatic carbocycles. The highest BCUT2D eigenvalue weighted by Gasteiger charge is 2.34. The lowest BCUT2D eigenvalue weighted by molar-refractivity contribution is 0.0976. The highest BCUT2D eigenvalue weighted by Crippen LogP contribution is 2.38. The molecule has 0 aliphatic heterocycles. The second kappa shape index (κ2) is 5.89. The van der Waals surface area contributed by atoms with Crippen LogP contribution in [0.2, 0.25) is 0 Å². The number of rotatable bonds is 4. The van der Waals surface area contributed by atoms with Crippen LogP contribution in [0.1, 0.15) is 54.7 Å². The lowest BCUT2D eigenvalue weighted by atomic mass is 9.80. The normalized spacial score (nSPS) is 12.4. The van der Waals surface area contributed by atoms with E-state index < -0.39 is 0 Å². The molecule has 0 fully saturated rings. The van der Waals surface area contributed by atoms with Crippen LogP contribution in [0.25, 0.3) is 0 Å². The molecule has 24 heavy (non-hydrogen) atoms. The summed E-state index contributed by atoms with van der Waals surface area (Å²) in [5.41, 5.74) is 2.89. The summed E-state index contributed by atoms with van der Waals surface area (Å²) < 4.78 is 5.45. The number of hydrogen-bond donors (Lipinski definition) is 0. The monoisotopic (exact) mass is 320 g/mol. The van der Waals surface area contributed by atoms with Gasteiger partial charge in [-0.15, -0.1) is 0 Å². The quantitative estimate of drug-likeness (QED) is 0.546. The van der Waals surface area contributed by atoms with E-state index in [1.807, 2.05) is 6.92 Å². The molecule has 120 valence electrons. The Morgan fingerprint density at radius 3 is 2.29 bits per heavy atom. The molecule has 0 heterocycles. The molecule has 0 saturated carbocycles. The minimum absolute atomic E-state index is 0.211. The Bertz CT molecular complexity index is 906. The van der Waals surface area contributed by atoms with E-state index in [1.165, 1.54) is 13.2 Å². The number of hydrogen-bond acceptors (Lipinski definition) is 4. The third kappa shape index (κ3) is 2.27. The first-order valence-electron chi connectivity index (χ1n) is 7.51. The minimum atomic E-state index is -0.275. The van der Waals surface area contributed by atoms with E-state index in [9.17, 15) is 14.4 Å². The fourth-order valence-electron chi connectivity index (χ4n) is 3.10. The van der Waals surface area contributed by atoms with Crippen molar-refractivity contribution in [3.05, 3.63) is 75.9 Å². The highest BCUT2D eigenvalue weighted by atomic mass is 16.5. The minimum Gasteiger partial charge on any atom is -0.496 e. The number of carbonyl (C=O) groups is 3. The van der Waals surface area contributed by atoms with Crippen LogP contribution < -0.4 is 4.74 Å². The zero-order chi connectivity index (χ0) is 17.4.